The smallest absolute Gasteiger partial charge is 0.330 e. The van der Waals surface area contributed by atoms with Crippen LogP contribution in [0.4, 0.5) is 0 Å². The zero-order chi connectivity index (χ0) is 46.4. The van der Waals surface area contributed by atoms with Gasteiger partial charge in [-0.05, 0) is 48.0 Å². The second-order valence-corrected chi connectivity index (χ2v) is 15.4. The van der Waals surface area contributed by atoms with Crippen molar-refractivity contribution in [3.05, 3.63) is 81.5 Å². The fourth-order valence-electron chi connectivity index (χ4n) is 7.67. The Kier molecular flexibility index (Phi) is 13.5. The van der Waals surface area contributed by atoms with E-state index in [2.05, 4.69) is 0 Å². The molecule has 0 radical (unpaired) electrons. The van der Waals surface area contributed by atoms with Gasteiger partial charge in [0.25, 0.3) is 0 Å². The van der Waals surface area contributed by atoms with Gasteiger partial charge in [-0.15, -0.1) is 0 Å². The molecule has 0 unspecified atom stereocenters. The summed E-state index contributed by atoms with van der Waals surface area (Å²) in [5.74, 6) is -3.41. The molecule has 22 nitrogen and oxygen atoms in total. The summed E-state index contributed by atoms with van der Waals surface area (Å²) in [7, 11) is 1.32. The second kappa shape index (κ2) is 18.6. The molecule has 0 saturated carbocycles. The van der Waals surface area contributed by atoms with Crippen molar-refractivity contribution in [3.63, 3.8) is 0 Å². The summed E-state index contributed by atoms with van der Waals surface area (Å²) in [6.45, 7) is -3.62. The summed E-state index contributed by atoms with van der Waals surface area (Å²) < 4.78 is 40.1. The van der Waals surface area contributed by atoms with E-state index in [-0.39, 0.29) is 28.6 Å². The molecule has 0 amide bonds. The zero-order valence-electron chi connectivity index (χ0n) is 33.5. The number of aromatic hydroxyl groups is 3. The standard InChI is InChI=1S/C42H46O22/c1-58-22-10-16(2-8-19(22)46)3-9-25(48)59-13-24-30(50)33(53)35(55)39(63-24)28-36-26(20(47)11-21(61-36)17-4-6-18(45)7-5-17)31(51)27(38-34(54)32(52)29(49)23(12-43)62-38)37(28)64-41-40(56)42(57,14-44)15-60-41/h2-11,23-24,29-30,32-35,38-41,43-46,49-57H,12-15H2,1H3/b9-3+/t23-,24+,29-,30+,32+,33-,34-,35+,38+,39-,40+,41+,42+/m1/s1. The van der Waals surface area contributed by atoms with Gasteiger partial charge >= 0.3 is 5.97 Å². The van der Waals surface area contributed by atoms with E-state index in [1.807, 2.05) is 0 Å². The van der Waals surface area contributed by atoms with Crippen molar-refractivity contribution >= 4 is 23.0 Å². The Hall–Kier alpha value is -5.44. The number of aliphatic hydroxyl groups excluding tert-OH is 9. The van der Waals surface area contributed by atoms with Crippen LogP contribution in [0.3, 0.4) is 0 Å². The molecule has 3 aliphatic heterocycles. The van der Waals surface area contributed by atoms with Crippen molar-refractivity contribution in [1.29, 1.82) is 0 Å². The lowest BCUT2D eigenvalue weighted by molar-refractivity contribution is -0.235. The molecular formula is C42H46O22. The molecule has 3 saturated heterocycles. The average molecular weight is 903 g/mol. The Morgan fingerprint density at radius 3 is 2.09 bits per heavy atom. The number of benzene rings is 3. The van der Waals surface area contributed by atoms with Crippen LogP contribution in [0, 0.1) is 0 Å². The fourth-order valence-corrected chi connectivity index (χ4v) is 7.67. The third kappa shape index (κ3) is 8.59. The molecule has 3 fully saturated rings. The number of carbonyl (C=O) groups is 1. The first kappa shape index (κ1) is 46.5. The predicted molar refractivity (Wildman–Crippen MR) is 213 cm³/mol. The highest BCUT2D eigenvalue weighted by Gasteiger charge is 2.54. The number of methoxy groups -OCH3 is 1. The van der Waals surface area contributed by atoms with E-state index in [1.54, 1.807) is 0 Å². The minimum absolute atomic E-state index is 0.108. The molecule has 3 aliphatic rings. The Bertz CT molecular complexity index is 2420. The molecule has 7 rings (SSSR count). The second-order valence-electron chi connectivity index (χ2n) is 15.4. The van der Waals surface area contributed by atoms with Crippen LogP contribution in [0.5, 0.6) is 28.7 Å². The number of fused-ring (bicyclic) bond motifs is 1. The van der Waals surface area contributed by atoms with E-state index < -0.39 is 150 Å². The van der Waals surface area contributed by atoms with Gasteiger partial charge in [0.05, 0.1) is 38.1 Å². The van der Waals surface area contributed by atoms with Crippen LogP contribution in [0.15, 0.2) is 63.8 Å². The lowest BCUT2D eigenvalue weighted by atomic mass is 9.85. The van der Waals surface area contributed by atoms with Gasteiger partial charge in [-0.25, -0.2) is 4.79 Å². The molecule has 0 spiro atoms. The largest absolute Gasteiger partial charge is 0.508 e. The van der Waals surface area contributed by atoms with E-state index in [0.29, 0.717) is 5.56 Å². The van der Waals surface area contributed by atoms with Gasteiger partial charge in [0.1, 0.15) is 108 Å². The molecule has 0 aliphatic carbocycles. The molecule has 4 heterocycles. The summed E-state index contributed by atoms with van der Waals surface area (Å²) >= 11 is 0. The Labute approximate surface area is 360 Å². The van der Waals surface area contributed by atoms with Crippen LogP contribution in [-0.4, -0.2) is 173 Å². The van der Waals surface area contributed by atoms with Gasteiger partial charge in [0.15, 0.2) is 22.5 Å². The van der Waals surface area contributed by atoms with Crippen LogP contribution in [0.1, 0.15) is 28.9 Å². The summed E-state index contributed by atoms with van der Waals surface area (Å²) in [4.78, 5) is 27.1. The SMILES string of the molecule is COc1cc(/C=C/C(=O)OC[C@@H]2O[C@H](c3c(O[C@@H]4OC[C@@](O)(CO)[C@H]4O)c([C@@H]4O[C@H](CO)[C@@H](O)[C@H](O)[C@H]4O)c(O)c4c(=O)cc(-c5ccc(O)cc5)oc34)[C@@H](O)[C@H](O)[C@H]2O)ccc1O. The van der Waals surface area contributed by atoms with E-state index >= 15 is 0 Å². The first-order valence-electron chi connectivity index (χ1n) is 19.6. The van der Waals surface area contributed by atoms with Crippen LogP contribution in [0.2, 0.25) is 0 Å². The van der Waals surface area contributed by atoms with Crippen molar-refractivity contribution in [2.45, 2.75) is 79.0 Å². The Morgan fingerprint density at radius 1 is 0.828 bits per heavy atom. The number of esters is 1. The number of ether oxygens (including phenoxy) is 6. The molecule has 22 heteroatoms. The highest BCUT2D eigenvalue weighted by molar-refractivity contribution is 5.92. The van der Waals surface area contributed by atoms with Gasteiger partial charge in [0, 0.05) is 17.7 Å². The maximum atomic E-state index is 14.2. The van der Waals surface area contributed by atoms with Gasteiger partial charge in [0.2, 0.25) is 6.29 Å². The highest BCUT2D eigenvalue weighted by atomic mass is 16.7. The highest BCUT2D eigenvalue weighted by Crippen LogP contribution is 2.52. The van der Waals surface area contributed by atoms with E-state index in [4.69, 9.17) is 32.8 Å². The topological polar surface area (TPSA) is 366 Å². The molecule has 1 aromatic heterocycles. The minimum atomic E-state index is -2.36. The Morgan fingerprint density at radius 2 is 1.47 bits per heavy atom. The van der Waals surface area contributed by atoms with E-state index in [9.17, 15) is 76.0 Å². The van der Waals surface area contributed by atoms with Crippen LogP contribution >= 0.6 is 0 Å². The molecule has 3 aromatic carbocycles. The van der Waals surface area contributed by atoms with E-state index in [1.165, 1.54) is 55.7 Å². The zero-order valence-corrected chi connectivity index (χ0v) is 33.5. The lowest BCUT2D eigenvalue weighted by Crippen LogP contribution is -2.56. The monoisotopic (exact) mass is 902 g/mol. The van der Waals surface area contributed by atoms with Crippen molar-refractivity contribution in [3.8, 4) is 40.1 Å². The molecule has 64 heavy (non-hydrogen) atoms. The quantitative estimate of drug-likeness (QED) is 0.0525. The normalized spacial score (nSPS) is 31.9. The Balaban J connectivity index is 1.41. The van der Waals surface area contributed by atoms with Gasteiger partial charge in [-0.2, -0.15) is 0 Å². The van der Waals surface area contributed by atoms with Gasteiger partial charge in [-0.3, -0.25) is 4.79 Å². The van der Waals surface area contributed by atoms with E-state index in [0.717, 1.165) is 12.1 Å². The number of aliphatic hydroxyl groups is 10. The maximum absolute atomic E-state index is 14.2. The van der Waals surface area contributed by atoms with Crippen molar-refractivity contribution in [2.24, 2.45) is 0 Å². The molecule has 13 atom stereocenters. The molecular weight excluding hydrogens is 856 g/mol. The number of carbonyl (C=O) groups excluding carboxylic acids is 1. The number of hydrogen-bond acceptors (Lipinski definition) is 22. The van der Waals surface area contributed by atoms with Crippen molar-refractivity contribution < 1.29 is 104 Å². The number of rotatable bonds is 12. The lowest BCUT2D eigenvalue weighted by Gasteiger charge is -2.43. The van der Waals surface area contributed by atoms with Gasteiger partial charge < -0.3 is 99.2 Å². The van der Waals surface area contributed by atoms with Crippen LogP contribution < -0.4 is 14.9 Å². The maximum Gasteiger partial charge on any atom is 0.330 e. The molecule has 0 bridgehead atoms. The molecule has 13 N–H and O–H groups in total. The summed E-state index contributed by atoms with van der Waals surface area (Å²) in [6, 6.07) is 10.3. The summed E-state index contributed by atoms with van der Waals surface area (Å²) in [5.41, 5.74) is -4.93. The number of phenols is 3. The third-order valence-corrected chi connectivity index (χ3v) is 11.3. The summed E-state index contributed by atoms with van der Waals surface area (Å²) in [6.07, 6.45) is -22.0. The summed E-state index contributed by atoms with van der Waals surface area (Å²) in [5, 5.41) is 140. The van der Waals surface area contributed by atoms with Crippen LogP contribution in [-0.2, 0) is 23.7 Å². The van der Waals surface area contributed by atoms with Crippen LogP contribution in [0.25, 0.3) is 28.4 Å². The number of phenolic OH excluding ortho intramolecular Hbond substituents is 3. The number of hydrogen-bond donors (Lipinski definition) is 13. The first-order valence-corrected chi connectivity index (χ1v) is 19.6. The fraction of sp³-hybridized carbons (Fsp3) is 0.429. The third-order valence-electron chi connectivity index (χ3n) is 11.3. The predicted octanol–water partition coefficient (Wildman–Crippen LogP) is -2.30. The average Bonchev–Trinajstić information content (AvgIpc) is 3.57. The van der Waals surface area contributed by atoms with Gasteiger partial charge in [-0.1, -0.05) is 6.07 Å². The van der Waals surface area contributed by atoms with Crippen molar-refractivity contribution in [1.82, 2.24) is 0 Å². The first-order chi connectivity index (χ1) is 30.4. The van der Waals surface area contributed by atoms with Crippen molar-refractivity contribution in [2.75, 3.05) is 33.5 Å². The molecule has 4 aromatic rings. The minimum Gasteiger partial charge on any atom is -0.508 e. The molecule has 346 valence electrons.